The Balaban J connectivity index is 1.60. The van der Waals surface area contributed by atoms with Gasteiger partial charge in [-0.15, -0.1) is 0 Å². The zero-order chi connectivity index (χ0) is 19.7. The van der Waals surface area contributed by atoms with E-state index in [1.807, 2.05) is 31.2 Å². The van der Waals surface area contributed by atoms with Gasteiger partial charge in [0.15, 0.2) is 5.69 Å². The number of piperidine rings is 1. The van der Waals surface area contributed by atoms with E-state index < -0.39 is 0 Å². The van der Waals surface area contributed by atoms with Crippen molar-refractivity contribution in [2.45, 2.75) is 32.7 Å². The normalized spacial score (nSPS) is 15.2. The molecule has 1 fully saturated rings. The molecule has 148 valence electrons. The molecule has 7 nitrogen and oxygen atoms in total. The molecular weight excluding hydrogens is 376 g/mol. The van der Waals surface area contributed by atoms with Gasteiger partial charge < -0.3 is 9.47 Å². The van der Waals surface area contributed by atoms with Crippen LogP contribution in [0.3, 0.4) is 0 Å². The quantitative estimate of drug-likeness (QED) is 0.687. The molecule has 0 saturated carbocycles. The molecule has 8 heteroatoms. The molecule has 0 bridgehead atoms. The van der Waals surface area contributed by atoms with Crippen molar-refractivity contribution in [3.05, 3.63) is 40.7 Å². The van der Waals surface area contributed by atoms with Crippen molar-refractivity contribution >= 4 is 34.5 Å². The molecule has 1 amide bonds. The number of carbonyl (C=O) groups is 1. The van der Waals surface area contributed by atoms with Crippen LogP contribution < -0.4 is 10.2 Å². The molecule has 1 aliphatic rings. The molecule has 2 aromatic heterocycles. The minimum Gasteiger partial charge on any atom is -0.333 e. The molecule has 3 aromatic rings. The molecule has 0 spiro atoms. The number of nitrogens with one attached hydrogen (secondary N) is 2. The highest BCUT2D eigenvalue weighted by atomic mass is 35.5. The first-order valence-electron chi connectivity index (χ1n) is 9.84. The molecule has 0 unspecified atom stereocenters. The van der Waals surface area contributed by atoms with E-state index in [0.29, 0.717) is 11.0 Å². The Morgan fingerprint density at radius 1 is 1.25 bits per heavy atom. The van der Waals surface area contributed by atoms with Gasteiger partial charge in [-0.2, -0.15) is 5.10 Å². The summed E-state index contributed by atoms with van der Waals surface area (Å²) in [6.45, 7) is 6.10. The third kappa shape index (κ3) is 3.64. The number of rotatable bonds is 5. The number of fused-ring (bicyclic) bond motifs is 1. The number of benzene rings is 1. The van der Waals surface area contributed by atoms with Crippen LogP contribution in [-0.4, -0.2) is 44.9 Å². The molecule has 0 radical (unpaired) electrons. The number of aromatic nitrogens is 4. The van der Waals surface area contributed by atoms with Gasteiger partial charge in [-0.3, -0.25) is 14.8 Å². The number of halogens is 1. The summed E-state index contributed by atoms with van der Waals surface area (Å²) in [5.41, 5.74) is 2.88. The second-order valence-corrected chi connectivity index (χ2v) is 7.84. The van der Waals surface area contributed by atoms with E-state index in [0.717, 1.165) is 29.8 Å². The predicted octanol–water partition coefficient (Wildman–Crippen LogP) is 2.05. The monoisotopic (exact) mass is 401 g/mol. The van der Waals surface area contributed by atoms with Crippen molar-refractivity contribution in [1.29, 1.82) is 0 Å². The van der Waals surface area contributed by atoms with Crippen LogP contribution in [0.25, 0.3) is 11.0 Å². The van der Waals surface area contributed by atoms with Crippen LogP contribution in [0.15, 0.2) is 24.3 Å². The predicted molar refractivity (Wildman–Crippen MR) is 110 cm³/mol. The Kier molecular flexibility index (Phi) is 5.37. The summed E-state index contributed by atoms with van der Waals surface area (Å²) in [5.74, 6) is 0.206. The summed E-state index contributed by atoms with van der Waals surface area (Å²) in [6.07, 6.45) is 3.92. The smallest absolute Gasteiger partial charge is 0.280 e. The minimum atomic E-state index is -0.337. The summed E-state index contributed by atoms with van der Waals surface area (Å²) in [5, 5.41) is 7.54. The van der Waals surface area contributed by atoms with Crippen LogP contribution >= 0.6 is 11.6 Å². The number of carbonyl (C=O) groups excluding carboxylic acids is 1. The maximum atomic E-state index is 12.8. The fourth-order valence-electron chi connectivity index (χ4n) is 3.86. The highest BCUT2D eigenvalue weighted by Crippen LogP contribution is 2.23. The van der Waals surface area contributed by atoms with Gasteiger partial charge in [-0.25, -0.2) is 4.98 Å². The molecule has 3 heterocycles. The van der Waals surface area contributed by atoms with E-state index in [9.17, 15) is 4.79 Å². The van der Waals surface area contributed by atoms with Crippen LogP contribution in [0.4, 0.5) is 5.95 Å². The number of hydrogen-bond donors (Lipinski definition) is 2. The lowest BCUT2D eigenvalue weighted by molar-refractivity contribution is -0.905. The Labute approximate surface area is 169 Å². The zero-order valence-corrected chi connectivity index (χ0v) is 17.1. The SMILES string of the molecule is Cc1c(Cl)c(C(=O)Nc2nc3ccccc3n2CC[NH+]2CCCCC2)nn1C. The molecule has 1 aromatic carbocycles. The summed E-state index contributed by atoms with van der Waals surface area (Å²) in [4.78, 5) is 19.1. The lowest BCUT2D eigenvalue weighted by Crippen LogP contribution is -3.13. The number of quaternary nitrogens is 1. The maximum Gasteiger partial charge on any atom is 0.280 e. The first-order chi connectivity index (χ1) is 13.5. The van der Waals surface area contributed by atoms with Gasteiger partial charge in [0, 0.05) is 7.05 Å². The second-order valence-electron chi connectivity index (χ2n) is 7.46. The topological polar surface area (TPSA) is 69.2 Å². The number of likely N-dealkylation sites (tertiary alicyclic amines) is 1. The average molecular weight is 402 g/mol. The number of hydrogen-bond acceptors (Lipinski definition) is 3. The highest BCUT2D eigenvalue weighted by molar-refractivity contribution is 6.34. The summed E-state index contributed by atoms with van der Waals surface area (Å²) in [7, 11) is 1.77. The van der Waals surface area contributed by atoms with Crippen LogP contribution in [0.2, 0.25) is 5.02 Å². The number of anilines is 1. The lowest BCUT2D eigenvalue weighted by Gasteiger charge is -2.24. The molecule has 28 heavy (non-hydrogen) atoms. The maximum absolute atomic E-state index is 12.8. The second kappa shape index (κ2) is 7.93. The fourth-order valence-corrected chi connectivity index (χ4v) is 4.10. The Morgan fingerprint density at radius 3 is 2.71 bits per heavy atom. The largest absolute Gasteiger partial charge is 0.333 e. The van der Waals surface area contributed by atoms with Crippen molar-refractivity contribution in [3.63, 3.8) is 0 Å². The molecule has 0 aliphatic carbocycles. The van der Waals surface area contributed by atoms with E-state index in [1.165, 1.54) is 32.4 Å². The van der Waals surface area contributed by atoms with Crippen LogP contribution in [0.5, 0.6) is 0 Å². The van der Waals surface area contributed by atoms with Crippen molar-refractivity contribution in [1.82, 2.24) is 19.3 Å². The van der Waals surface area contributed by atoms with E-state index in [-0.39, 0.29) is 11.6 Å². The van der Waals surface area contributed by atoms with Gasteiger partial charge in [0.25, 0.3) is 5.91 Å². The van der Waals surface area contributed by atoms with Gasteiger partial charge in [-0.1, -0.05) is 23.7 Å². The summed E-state index contributed by atoms with van der Waals surface area (Å²) >= 11 is 6.28. The molecule has 1 saturated heterocycles. The van der Waals surface area contributed by atoms with Crippen molar-refractivity contribution in [3.8, 4) is 0 Å². The first-order valence-corrected chi connectivity index (χ1v) is 10.2. The number of nitrogens with zero attached hydrogens (tertiary/aromatic N) is 4. The third-order valence-corrected chi connectivity index (χ3v) is 6.06. The fraction of sp³-hybridized carbons (Fsp3) is 0.450. The van der Waals surface area contributed by atoms with Gasteiger partial charge >= 0.3 is 0 Å². The molecule has 0 atom stereocenters. The average Bonchev–Trinajstić information content (AvgIpc) is 3.18. The lowest BCUT2D eigenvalue weighted by atomic mass is 10.1. The van der Waals surface area contributed by atoms with Gasteiger partial charge in [-0.05, 0) is 38.3 Å². The standard InChI is InChI=1S/C20H25ClN6O/c1-14-17(21)18(24-25(14)2)19(28)23-20-22-15-8-4-5-9-16(15)27(20)13-12-26-10-6-3-7-11-26/h4-5,8-9H,3,6-7,10-13H2,1-2H3,(H,22,23,28)/p+1. The van der Waals surface area contributed by atoms with Crippen molar-refractivity contribution in [2.24, 2.45) is 7.05 Å². The van der Waals surface area contributed by atoms with E-state index in [4.69, 9.17) is 11.6 Å². The van der Waals surface area contributed by atoms with E-state index in [2.05, 4.69) is 20.0 Å². The molecular formula is C20H26ClN6O+. The van der Waals surface area contributed by atoms with E-state index in [1.54, 1.807) is 16.6 Å². The number of para-hydroxylation sites is 2. The van der Waals surface area contributed by atoms with Gasteiger partial charge in [0.05, 0.1) is 47.9 Å². The first kappa shape index (κ1) is 19.0. The van der Waals surface area contributed by atoms with Crippen molar-refractivity contribution < 1.29 is 9.69 Å². The Hall–Kier alpha value is -2.38. The Bertz CT molecular complexity index is 1000. The van der Waals surface area contributed by atoms with Gasteiger partial charge in [0.1, 0.15) is 0 Å². The molecule has 4 rings (SSSR count). The van der Waals surface area contributed by atoms with E-state index >= 15 is 0 Å². The summed E-state index contributed by atoms with van der Waals surface area (Å²) in [6, 6.07) is 7.97. The number of amides is 1. The van der Waals surface area contributed by atoms with Crippen molar-refractivity contribution in [2.75, 3.05) is 25.0 Å². The molecule has 2 N–H and O–H groups in total. The number of imidazole rings is 1. The van der Waals surface area contributed by atoms with Crippen LogP contribution in [0.1, 0.15) is 35.4 Å². The minimum absolute atomic E-state index is 0.224. The highest BCUT2D eigenvalue weighted by Gasteiger charge is 2.22. The van der Waals surface area contributed by atoms with Gasteiger partial charge in [0.2, 0.25) is 5.95 Å². The Morgan fingerprint density at radius 2 is 2.00 bits per heavy atom. The third-order valence-electron chi connectivity index (χ3n) is 5.61. The molecule has 1 aliphatic heterocycles. The zero-order valence-electron chi connectivity index (χ0n) is 16.3. The summed E-state index contributed by atoms with van der Waals surface area (Å²) < 4.78 is 3.71. The van der Waals surface area contributed by atoms with Crippen LogP contribution in [-0.2, 0) is 13.6 Å². The number of aryl methyl sites for hydroxylation is 1. The van der Waals surface area contributed by atoms with Crippen LogP contribution in [0, 0.1) is 6.92 Å².